The summed E-state index contributed by atoms with van der Waals surface area (Å²) in [6, 6.07) is 12.6. The lowest BCUT2D eigenvalue weighted by Gasteiger charge is -2.32. The number of methoxy groups -OCH3 is 1. The topological polar surface area (TPSA) is 115 Å². The summed E-state index contributed by atoms with van der Waals surface area (Å²) < 4.78 is 16.8. The number of hydrogen-bond acceptors (Lipinski definition) is 6. The van der Waals surface area contributed by atoms with Gasteiger partial charge in [0.05, 0.1) is 36.7 Å². The molecule has 1 aromatic heterocycles. The fraction of sp³-hybridized carbons (Fsp3) is 0.500. The molecule has 2 amide bonds. The molecule has 0 aliphatic carbocycles. The number of carbonyl (C=O) groups excluding carboxylic acids is 2. The minimum absolute atomic E-state index is 0.0974. The Bertz CT molecular complexity index is 1270. The van der Waals surface area contributed by atoms with Crippen molar-refractivity contribution in [3.8, 4) is 11.3 Å². The minimum atomic E-state index is -0.624. The molecule has 0 bridgehead atoms. The monoisotopic (exact) mass is 550 g/mol. The highest BCUT2D eigenvalue weighted by Gasteiger charge is 2.51. The Morgan fingerprint density at radius 1 is 0.975 bits per heavy atom. The largest absolute Gasteiger partial charge is 0.494 e. The number of aromatic nitrogens is 2. The number of benzene rings is 2. The third-order valence-corrected chi connectivity index (χ3v) is 7.07. The Balaban J connectivity index is 0.00000141. The van der Waals surface area contributed by atoms with E-state index in [1.807, 2.05) is 6.20 Å². The first-order valence-electron chi connectivity index (χ1n) is 14.0. The fourth-order valence-electron chi connectivity index (χ4n) is 4.13. The van der Waals surface area contributed by atoms with Gasteiger partial charge in [-0.3, -0.25) is 4.79 Å². The number of nitrogens with one attached hydrogen (secondary N) is 3. The number of rotatable bonds is 9. The van der Waals surface area contributed by atoms with E-state index < -0.39 is 6.09 Å². The molecule has 1 saturated heterocycles. The molecule has 40 heavy (non-hydrogen) atoms. The zero-order valence-electron chi connectivity index (χ0n) is 24.8. The Kier molecular flexibility index (Phi) is 10.8. The van der Waals surface area contributed by atoms with E-state index in [0.717, 1.165) is 52.6 Å². The van der Waals surface area contributed by atoms with E-state index >= 15 is 0 Å². The van der Waals surface area contributed by atoms with Gasteiger partial charge < -0.3 is 29.7 Å². The zero-order valence-corrected chi connectivity index (χ0v) is 24.8. The molecule has 3 aromatic rings. The Morgan fingerprint density at radius 2 is 1.62 bits per heavy atom. The summed E-state index contributed by atoms with van der Waals surface area (Å²) in [4.78, 5) is 30.6. The maximum Gasteiger partial charge on any atom is 0.494 e. The summed E-state index contributed by atoms with van der Waals surface area (Å²) in [6.07, 6.45) is 4.94. The zero-order chi connectivity index (χ0) is 29.3. The molecular weight excluding hydrogens is 507 g/mol. The number of hydrogen-bond donors (Lipinski definition) is 3. The number of carbonyl (C=O) groups is 2. The second-order valence-electron chi connectivity index (χ2n) is 11.0. The second kappa shape index (κ2) is 13.8. The first kappa shape index (κ1) is 31.2. The van der Waals surface area contributed by atoms with Gasteiger partial charge in [0.1, 0.15) is 5.82 Å². The van der Waals surface area contributed by atoms with E-state index in [9.17, 15) is 9.59 Å². The first-order chi connectivity index (χ1) is 19.0. The van der Waals surface area contributed by atoms with E-state index in [4.69, 9.17) is 9.31 Å². The number of H-pyrrole nitrogens is 1. The fourth-order valence-corrected chi connectivity index (χ4v) is 4.13. The smallest absolute Gasteiger partial charge is 0.453 e. The van der Waals surface area contributed by atoms with Crippen LogP contribution in [0.2, 0.25) is 0 Å². The standard InChI is InChI=1S/C27H35BN4O5.C3H8/c1-26(2)27(3,4)37-28(36-26)21-12-11-18-14-20(10-9-19(18)15-21)22-16-30-23(32-22)8-6-7-13-29-24(33)17-31-25(34)35-5;1-3-2/h9-12,14-16H,6-8,13,17H2,1-5H3,(H,29,33)(H,30,32)(H,31,34);3H2,1-2H3. The third-order valence-electron chi connectivity index (χ3n) is 7.07. The maximum atomic E-state index is 11.7. The van der Waals surface area contributed by atoms with Crippen LogP contribution in [0.4, 0.5) is 4.79 Å². The van der Waals surface area contributed by atoms with Crippen LogP contribution in [0.15, 0.2) is 42.6 Å². The highest BCUT2D eigenvalue weighted by atomic mass is 16.7. The van der Waals surface area contributed by atoms with Gasteiger partial charge in [-0.05, 0) is 62.8 Å². The van der Waals surface area contributed by atoms with Gasteiger partial charge in [-0.1, -0.05) is 50.6 Å². The molecule has 1 fully saturated rings. The van der Waals surface area contributed by atoms with Crippen LogP contribution in [-0.4, -0.2) is 60.5 Å². The number of aromatic amines is 1. The molecule has 0 unspecified atom stereocenters. The van der Waals surface area contributed by atoms with Crippen LogP contribution in [0.25, 0.3) is 22.0 Å². The molecule has 1 aliphatic heterocycles. The molecule has 10 heteroatoms. The van der Waals surface area contributed by atoms with Crippen LogP contribution in [0, 0.1) is 0 Å². The summed E-state index contributed by atoms with van der Waals surface area (Å²) in [6.45, 7) is 12.9. The van der Waals surface area contributed by atoms with Gasteiger partial charge >= 0.3 is 13.2 Å². The molecule has 0 spiro atoms. The molecule has 0 saturated carbocycles. The van der Waals surface area contributed by atoms with Crippen molar-refractivity contribution >= 4 is 35.4 Å². The highest BCUT2D eigenvalue weighted by molar-refractivity contribution is 6.62. The number of aryl methyl sites for hydroxylation is 1. The Labute approximate surface area is 237 Å². The lowest BCUT2D eigenvalue weighted by molar-refractivity contribution is -0.120. The van der Waals surface area contributed by atoms with E-state index in [0.29, 0.717) is 6.54 Å². The average Bonchev–Trinajstić information content (AvgIpc) is 3.47. The second-order valence-corrected chi connectivity index (χ2v) is 11.0. The number of amides is 2. The van der Waals surface area contributed by atoms with E-state index in [1.165, 1.54) is 13.5 Å². The summed E-state index contributed by atoms with van der Waals surface area (Å²) in [5, 5.41) is 7.38. The SMILES string of the molecule is CCC.COC(=O)NCC(=O)NCCCCc1ncc(-c2ccc3cc(B4OC(C)(C)C(C)(C)O4)ccc3c2)[nH]1. The Hall–Kier alpha value is -3.37. The number of imidazole rings is 1. The number of nitrogens with zero attached hydrogens (tertiary/aromatic N) is 1. The van der Waals surface area contributed by atoms with Crippen LogP contribution < -0.4 is 16.1 Å². The predicted molar refractivity (Wildman–Crippen MR) is 160 cm³/mol. The van der Waals surface area contributed by atoms with Crippen LogP contribution in [-0.2, 0) is 25.3 Å². The Morgan fingerprint density at radius 3 is 2.30 bits per heavy atom. The van der Waals surface area contributed by atoms with Crippen molar-refractivity contribution in [1.29, 1.82) is 0 Å². The molecule has 1 aliphatic rings. The number of fused-ring (bicyclic) bond motifs is 1. The van der Waals surface area contributed by atoms with Gasteiger partial charge in [-0.25, -0.2) is 9.78 Å². The lowest BCUT2D eigenvalue weighted by Crippen LogP contribution is -2.41. The van der Waals surface area contributed by atoms with E-state index in [2.05, 4.69) is 103 Å². The molecule has 2 heterocycles. The normalized spacial score (nSPS) is 15.3. The van der Waals surface area contributed by atoms with Crippen molar-refractivity contribution < 1.29 is 23.6 Å². The van der Waals surface area contributed by atoms with Gasteiger partial charge in [-0.15, -0.1) is 0 Å². The maximum absolute atomic E-state index is 11.7. The average molecular weight is 551 g/mol. The van der Waals surface area contributed by atoms with Crippen molar-refractivity contribution in [2.45, 2.75) is 78.4 Å². The van der Waals surface area contributed by atoms with Crippen molar-refractivity contribution in [3.05, 3.63) is 48.4 Å². The van der Waals surface area contributed by atoms with Crippen LogP contribution in [0.3, 0.4) is 0 Å². The van der Waals surface area contributed by atoms with Crippen LogP contribution in [0.1, 0.15) is 66.6 Å². The molecule has 3 N–H and O–H groups in total. The predicted octanol–water partition coefficient (Wildman–Crippen LogP) is 4.74. The van der Waals surface area contributed by atoms with E-state index in [-0.39, 0.29) is 30.8 Å². The first-order valence-corrected chi connectivity index (χ1v) is 14.0. The van der Waals surface area contributed by atoms with Crippen molar-refractivity contribution in [1.82, 2.24) is 20.6 Å². The molecule has 216 valence electrons. The number of unbranched alkanes of at least 4 members (excludes halogenated alkanes) is 1. The molecule has 9 nitrogen and oxygen atoms in total. The third kappa shape index (κ3) is 8.08. The van der Waals surface area contributed by atoms with Crippen LogP contribution in [0.5, 0.6) is 0 Å². The summed E-state index contributed by atoms with van der Waals surface area (Å²) in [5.41, 5.74) is 2.31. The lowest BCUT2D eigenvalue weighted by atomic mass is 9.78. The molecular formula is C30H43BN4O5. The number of alkyl carbamates (subject to hydrolysis) is 1. The summed E-state index contributed by atoms with van der Waals surface area (Å²) in [5.74, 6) is 0.662. The van der Waals surface area contributed by atoms with Gasteiger partial charge in [0.2, 0.25) is 5.91 Å². The molecule has 2 aromatic carbocycles. The van der Waals surface area contributed by atoms with Crippen molar-refractivity contribution in [3.63, 3.8) is 0 Å². The molecule has 4 rings (SSSR count). The van der Waals surface area contributed by atoms with Gasteiger partial charge in [0.25, 0.3) is 0 Å². The summed E-state index contributed by atoms with van der Waals surface area (Å²) in [7, 11) is 0.876. The van der Waals surface area contributed by atoms with Gasteiger partial charge in [0.15, 0.2) is 0 Å². The number of ether oxygens (including phenoxy) is 1. The van der Waals surface area contributed by atoms with Crippen LogP contribution >= 0.6 is 0 Å². The quantitative estimate of drug-likeness (QED) is 0.262. The highest BCUT2D eigenvalue weighted by Crippen LogP contribution is 2.36. The molecule has 0 radical (unpaired) electrons. The van der Waals surface area contributed by atoms with Gasteiger partial charge in [-0.2, -0.15) is 0 Å². The van der Waals surface area contributed by atoms with Crippen molar-refractivity contribution in [2.75, 3.05) is 20.2 Å². The summed E-state index contributed by atoms with van der Waals surface area (Å²) >= 11 is 0. The van der Waals surface area contributed by atoms with Gasteiger partial charge in [0, 0.05) is 18.5 Å². The minimum Gasteiger partial charge on any atom is -0.453 e. The molecule has 0 atom stereocenters. The van der Waals surface area contributed by atoms with E-state index in [1.54, 1.807) is 0 Å². The van der Waals surface area contributed by atoms with Crippen molar-refractivity contribution in [2.24, 2.45) is 0 Å².